The standard InChI is InChI=1S/C13H11N3O3S2/c1-9-15-12(7-20-9)13(17)16-21(18,19)8-11-4-2-10(6-14)3-5-11/h2-5,7H,8H2,1H3,(H,16,17). The summed E-state index contributed by atoms with van der Waals surface area (Å²) in [6.45, 7) is 1.73. The number of hydrogen-bond acceptors (Lipinski definition) is 6. The summed E-state index contributed by atoms with van der Waals surface area (Å²) in [5, 5.41) is 10.9. The second kappa shape index (κ2) is 6.03. The number of aryl methyl sites for hydroxylation is 1. The number of nitrogens with one attached hydrogen (secondary N) is 1. The molecule has 1 N–H and O–H groups in total. The van der Waals surface area contributed by atoms with Crippen LogP contribution in [0.15, 0.2) is 29.6 Å². The fourth-order valence-electron chi connectivity index (χ4n) is 1.59. The van der Waals surface area contributed by atoms with Crippen LogP contribution in [0.3, 0.4) is 0 Å². The Morgan fingerprint density at radius 2 is 2.05 bits per heavy atom. The normalized spacial score (nSPS) is 10.9. The molecular weight excluding hydrogens is 310 g/mol. The molecule has 0 saturated carbocycles. The predicted octanol–water partition coefficient (Wildman–Crippen LogP) is 1.58. The van der Waals surface area contributed by atoms with Gasteiger partial charge in [0.1, 0.15) is 5.69 Å². The molecule has 2 aromatic rings. The average Bonchev–Trinajstić information content (AvgIpc) is 2.85. The molecule has 6 nitrogen and oxygen atoms in total. The van der Waals surface area contributed by atoms with Crippen molar-refractivity contribution in [3.05, 3.63) is 51.5 Å². The SMILES string of the molecule is Cc1nc(C(=O)NS(=O)(=O)Cc2ccc(C#N)cc2)cs1. The summed E-state index contributed by atoms with van der Waals surface area (Å²) in [4.78, 5) is 15.7. The molecule has 0 fully saturated rings. The van der Waals surface area contributed by atoms with Crippen LogP contribution in [-0.2, 0) is 15.8 Å². The van der Waals surface area contributed by atoms with Gasteiger partial charge in [0.2, 0.25) is 10.0 Å². The fourth-order valence-corrected chi connectivity index (χ4v) is 3.28. The lowest BCUT2D eigenvalue weighted by molar-refractivity contribution is 0.0977. The molecule has 0 spiro atoms. The lowest BCUT2D eigenvalue weighted by Crippen LogP contribution is -2.31. The van der Waals surface area contributed by atoms with Crippen molar-refractivity contribution in [1.29, 1.82) is 5.26 Å². The maximum atomic E-state index is 11.9. The molecule has 108 valence electrons. The topological polar surface area (TPSA) is 99.9 Å². The number of carbonyl (C=O) groups is 1. The predicted molar refractivity (Wildman–Crippen MR) is 78.1 cm³/mol. The lowest BCUT2D eigenvalue weighted by atomic mass is 10.2. The molecule has 0 radical (unpaired) electrons. The van der Waals surface area contributed by atoms with Crippen molar-refractivity contribution in [2.24, 2.45) is 0 Å². The highest BCUT2D eigenvalue weighted by Crippen LogP contribution is 2.10. The molecule has 2 rings (SSSR count). The molecule has 8 heteroatoms. The van der Waals surface area contributed by atoms with Gasteiger partial charge in [0.25, 0.3) is 5.91 Å². The molecule has 0 unspecified atom stereocenters. The molecule has 1 aromatic heterocycles. The first-order valence-corrected chi connectivity index (χ1v) is 8.39. The minimum Gasteiger partial charge on any atom is -0.266 e. The third-order valence-electron chi connectivity index (χ3n) is 2.54. The van der Waals surface area contributed by atoms with Crippen LogP contribution >= 0.6 is 11.3 Å². The molecule has 0 saturated heterocycles. The number of hydrogen-bond donors (Lipinski definition) is 1. The monoisotopic (exact) mass is 321 g/mol. The Hall–Kier alpha value is -2.24. The van der Waals surface area contributed by atoms with Crippen LogP contribution in [0.4, 0.5) is 0 Å². The molecule has 0 aliphatic heterocycles. The van der Waals surface area contributed by atoms with E-state index >= 15 is 0 Å². The van der Waals surface area contributed by atoms with E-state index in [4.69, 9.17) is 5.26 Å². The van der Waals surface area contributed by atoms with E-state index in [1.165, 1.54) is 41.0 Å². The summed E-state index contributed by atoms with van der Waals surface area (Å²) in [6.07, 6.45) is 0. The van der Waals surface area contributed by atoms with E-state index in [2.05, 4.69) is 4.98 Å². The minimum atomic E-state index is -3.81. The number of thiazole rings is 1. The molecule has 0 bridgehead atoms. The van der Waals surface area contributed by atoms with Gasteiger partial charge in [0.15, 0.2) is 0 Å². The van der Waals surface area contributed by atoms with Gasteiger partial charge >= 0.3 is 0 Å². The van der Waals surface area contributed by atoms with E-state index in [1.807, 2.05) is 10.8 Å². The lowest BCUT2D eigenvalue weighted by Gasteiger charge is -2.05. The first-order chi connectivity index (χ1) is 9.89. The van der Waals surface area contributed by atoms with Crippen molar-refractivity contribution >= 4 is 27.3 Å². The zero-order valence-electron chi connectivity index (χ0n) is 11.0. The third-order valence-corrected chi connectivity index (χ3v) is 4.52. The van der Waals surface area contributed by atoms with Crippen LogP contribution in [0.25, 0.3) is 0 Å². The zero-order valence-corrected chi connectivity index (χ0v) is 12.7. The number of aromatic nitrogens is 1. The van der Waals surface area contributed by atoms with E-state index in [-0.39, 0.29) is 11.4 Å². The summed E-state index contributed by atoms with van der Waals surface area (Å²) in [5.41, 5.74) is 1.02. The van der Waals surface area contributed by atoms with E-state index in [0.717, 1.165) is 0 Å². The second-order valence-electron chi connectivity index (χ2n) is 4.25. The zero-order chi connectivity index (χ0) is 15.5. The number of carbonyl (C=O) groups excluding carboxylic acids is 1. The Bertz CT molecular complexity index is 802. The van der Waals surface area contributed by atoms with E-state index in [0.29, 0.717) is 16.1 Å². The molecule has 1 heterocycles. The molecule has 1 amide bonds. The summed E-state index contributed by atoms with van der Waals surface area (Å²) in [7, 11) is -3.81. The van der Waals surface area contributed by atoms with Crippen LogP contribution < -0.4 is 4.72 Å². The largest absolute Gasteiger partial charge is 0.284 e. The highest BCUT2D eigenvalue weighted by Gasteiger charge is 2.18. The third kappa shape index (κ3) is 4.11. The van der Waals surface area contributed by atoms with Gasteiger partial charge in [-0.15, -0.1) is 11.3 Å². The van der Waals surface area contributed by atoms with Crippen LogP contribution in [0.2, 0.25) is 0 Å². The van der Waals surface area contributed by atoms with Gasteiger partial charge in [-0.25, -0.2) is 18.1 Å². The van der Waals surface area contributed by atoms with Gasteiger partial charge in [0, 0.05) is 5.38 Å². The first kappa shape index (κ1) is 15.2. The van der Waals surface area contributed by atoms with Gasteiger partial charge in [-0.05, 0) is 24.6 Å². The summed E-state index contributed by atoms with van der Waals surface area (Å²) in [6, 6.07) is 8.07. The number of rotatable bonds is 4. The highest BCUT2D eigenvalue weighted by atomic mass is 32.2. The first-order valence-electron chi connectivity index (χ1n) is 5.85. The molecule has 1 aromatic carbocycles. The quantitative estimate of drug-likeness (QED) is 0.921. The number of amides is 1. The molecule has 0 aliphatic carbocycles. The van der Waals surface area contributed by atoms with Crippen molar-refractivity contribution in [3.63, 3.8) is 0 Å². The number of nitriles is 1. The smallest absolute Gasteiger partial charge is 0.266 e. The Morgan fingerprint density at radius 3 is 2.57 bits per heavy atom. The van der Waals surface area contributed by atoms with Crippen molar-refractivity contribution in [3.8, 4) is 6.07 Å². The second-order valence-corrected chi connectivity index (χ2v) is 7.04. The fraction of sp³-hybridized carbons (Fsp3) is 0.154. The number of nitrogens with zero attached hydrogens (tertiary/aromatic N) is 2. The van der Waals surface area contributed by atoms with Crippen LogP contribution in [0.5, 0.6) is 0 Å². The van der Waals surface area contributed by atoms with Crippen molar-refractivity contribution in [2.45, 2.75) is 12.7 Å². The average molecular weight is 321 g/mol. The Labute approximate surface area is 126 Å². The maximum absolute atomic E-state index is 11.9. The summed E-state index contributed by atoms with van der Waals surface area (Å²) in [5.74, 6) is -1.08. The van der Waals surface area contributed by atoms with Crippen LogP contribution in [-0.4, -0.2) is 19.3 Å². The molecular formula is C13H11N3O3S2. The van der Waals surface area contributed by atoms with Crippen LogP contribution in [0.1, 0.15) is 26.6 Å². The van der Waals surface area contributed by atoms with Crippen molar-refractivity contribution in [1.82, 2.24) is 9.71 Å². The number of sulfonamides is 1. The van der Waals surface area contributed by atoms with Crippen LogP contribution in [0, 0.1) is 18.3 Å². The van der Waals surface area contributed by atoms with Gasteiger partial charge in [-0.2, -0.15) is 5.26 Å². The van der Waals surface area contributed by atoms with Gasteiger partial charge in [-0.1, -0.05) is 12.1 Å². The Morgan fingerprint density at radius 1 is 1.38 bits per heavy atom. The van der Waals surface area contributed by atoms with Crippen molar-refractivity contribution in [2.75, 3.05) is 0 Å². The summed E-state index contributed by atoms with van der Waals surface area (Å²) < 4.78 is 25.8. The van der Waals surface area contributed by atoms with E-state index < -0.39 is 15.9 Å². The van der Waals surface area contributed by atoms with Crippen molar-refractivity contribution < 1.29 is 13.2 Å². The van der Waals surface area contributed by atoms with Gasteiger partial charge < -0.3 is 0 Å². The summed E-state index contributed by atoms with van der Waals surface area (Å²) >= 11 is 1.27. The van der Waals surface area contributed by atoms with Gasteiger partial charge in [-0.3, -0.25) is 4.79 Å². The van der Waals surface area contributed by atoms with E-state index in [9.17, 15) is 13.2 Å². The van der Waals surface area contributed by atoms with Gasteiger partial charge in [0.05, 0.1) is 22.4 Å². The maximum Gasteiger partial charge on any atom is 0.284 e. The van der Waals surface area contributed by atoms with E-state index in [1.54, 1.807) is 6.92 Å². The Kier molecular flexibility index (Phi) is 4.35. The minimum absolute atomic E-state index is 0.0842. The Balaban J connectivity index is 2.08. The molecule has 21 heavy (non-hydrogen) atoms. The molecule has 0 aliphatic rings. The number of benzene rings is 1. The highest BCUT2D eigenvalue weighted by molar-refractivity contribution is 7.89. The molecule has 0 atom stereocenters.